The van der Waals surface area contributed by atoms with Crippen LogP contribution in [-0.4, -0.2) is 48.6 Å². The summed E-state index contributed by atoms with van der Waals surface area (Å²) >= 11 is 1.23. The molecule has 4 aromatic heterocycles. The number of nitrogens with zero attached hydrogens (tertiary/aromatic N) is 5. The molecule has 1 atom stereocenters. The average molecular weight is 575 g/mol. The standard InChI is InChI=1S/C25H21F3N6O3S2/c1-33(39(36)14-25(26,27)28)17-4-5-19-18(11-17)31-24(34(19)10-8-16-3-2-9-29-12-16)32-23(35)22-7-6-21(38-22)20-13-30-15-37-20/h2-7,9,11-13,15H,8,10,14H2,1H3,(H,31,32,35). The molecule has 0 aliphatic carbocycles. The lowest BCUT2D eigenvalue weighted by molar-refractivity contribution is -0.105. The Morgan fingerprint density at radius 2 is 2.03 bits per heavy atom. The zero-order valence-corrected chi connectivity index (χ0v) is 22.0. The van der Waals surface area contributed by atoms with Gasteiger partial charge in [0, 0.05) is 26.0 Å². The van der Waals surface area contributed by atoms with Crippen molar-refractivity contribution in [3.63, 3.8) is 0 Å². The lowest BCUT2D eigenvalue weighted by Gasteiger charge is -2.19. The zero-order valence-electron chi connectivity index (χ0n) is 20.4. The lowest BCUT2D eigenvalue weighted by Crippen LogP contribution is -2.29. The Labute approximate surface area is 226 Å². The fraction of sp³-hybridized carbons (Fsp3) is 0.200. The number of halogens is 3. The van der Waals surface area contributed by atoms with E-state index in [0.29, 0.717) is 40.3 Å². The number of fused-ring (bicyclic) bond motifs is 1. The number of aromatic nitrogens is 4. The number of rotatable bonds is 9. The third-order valence-electron chi connectivity index (χ3n) is 5.77. The van der Waals surface area contributed by atoms with Gasteiger partial charge in [-0.25, -0.2) is 14.2 Å². The van der Waals surface area contributed by atoms with Gasteiger partial charge >= 0.3 is 6.18 Å². The van der Waals surface area contributed by atoms with Gasteiger partial charge in [0.2, 0.25) is 5.95 Å². The highest BCUT2D eigenvalue weighted by Crippen LogP contribution is 2.30. The van der Waals surface area contributed by atoms with Crippen molar-refractivity contribution in [2.75, 3.05) is 22.4 Å². The van der Waals surface area contributed by atoms with Crippen molar-refractivity contribution < 1.29 is 26.6 Å². The number of carbonyl (C=O) groups excluding carboxylic acids is 1. The molecule has 0 aliphatic rings. The van der Waals surface area contributed by atoms with Gasteiger partial charge in [-0.3, -0.25) is 19.4 Å². The van der Waals surface area contributed by atoms with E-state index in [9.17, 15) is 22.2 Å². The molecule has 202 valence electrons. The third kappa shape index (κ3) is 6.17. The number of carbonyl (C=O) groups is 1. The number of hydrogen-bond acceptors (Lipinski definition) is 7. The first-order valence-electron chi connectivity index (χ1n) is 11.6. The number of oxazole rings is 1. The van der Waals surface area contributed by atoms with E-state index in [1.807, 2.05) is 16.7 Å². The summed E-state index contributed by atoms with van der Waals surface area (Å²) in [6.45, 7) is 0.445. The summed E-state index contributed by atoms with van der Waals surface area (Å²) in [5, 5.41) is 2.85. The fourth-order valence-corrected chi connectivity index (χ4v) is 5.55. The quantitative estimate of drug-likeness (QED) is 0.256. The highest BCUT2D eigenvalue weighted by molar-refractivity contribution is 7.86. The van der Waals surface area contributed by atoms with E-state index in [1.165, 1.54) is 24.8 Å². The van der Waals surface area contributed by atoms with Gasteiger partial charge in [0.1, 0.15) is 16.7 Å². The van der Waals surface area contributed by atoms with Crippen LogP contribution in [-0.2, 0) is 24.0 Å². The van der Waals surface area contributed by atoms with Crippen LogP contribution in [0.15, 0.2) is 71.9 Å². The molecule has 1 amide bonds. The molecular weight excluding hydrogens is 553 g/mol. The number of benzene rings is 1. The van der Waals surface area contributed by atoms with Crippen LogP contribution in [0.25, 0.3) is 21.7 Å². The third-order valence-corrected chi connectivity index (χ3v) is 8.26. The molecule has 14 heteroatoms. The van der Waals surface area contributed by atoms with Crippen LogP contribution in [0.4, 0.5) is 24.8 Å². The van der Waals surface area contributed by atoms with E-state index in [0.717, 1.165) is 14.7 Å². The van der Waals surface area contributed by atoms with Gasteiger partial charge in [-0.2, -0.15) is 13.2 Å². The molecule has 0 aliphatic heterocycles. The van der Waals surface area contributed by atoms with Crippen LogP contribution in [0.3, 0.4) is 0 Å². The second kappa shape index (κ2) is 11.0. The van der Waals surface area contributed by atoms with Gasteiger partial charge in [-0.1, -0.05) is 6.07 Å². The van der Waals surface area contributed by atoms with E-state index in [4.69, 9.17) is 4.42 Å². The van der Waals surface area contributed by atoms with Gasteiger partial charge < -0.3 is 8.98 Å². The molecule has 0 radical (unpaired) electrons. The largest absolute Gasteiger partial charge is 0.443 e. The summed E-state index contributed by atoms with van der Waals surface area (Å²) in [6.07, 6.45) is 2.32. The number of imidazole rings is 1. The predicted octanol–water partition coefficient (Wildman–Crippen LogP) is 5.31. The average Bonchev–Trinajstić information content (AvgIpc) is 3.66. The molecule has 5 rings (SSSR count). The lowest BCUT2D eigenvalue weighted by atomic mass is 10.2. The van der Waals surface area contributed by atoms with Crippen molar-refractivity contribution in [3.05, 3.63) is 77.9 Å². The minimum atomic E-state index is -4.57. The Balaban J connectivity index is 1.45. The maximum absolute atomic E-state index is 13.1. The SMILES string of the molecule is CN(c1ccc2c(c1)nc(NC(=O)c1ccc(-c3cnco3)s1)n2CCc1cccnc1)S(=O)CC(F)(F)F. The van der Waals surface area contributed by atoms with Crippen molar-refractivity contribution in [2.24, 2.45) is 0 Å². The van der Waals surface area contributed by atoms with Crippen LogP contribution in [0.1, 0.15) is 15.2 Å². The highest BCUT2D eigenvalue weighted by Gasteiger charge is 2.32. The van der Waals surface area contributed by atoms with Crippen LogP contribution in [0, 0.1) is 0 Å². The van der Waals surface area contributed by atoms with E-state index in [1.54, 1.807) is 48.9 Å². The smallest absolute Gasteiger partial charge is 0.402 e. The van der Waals surface area contributed by atoms with Gasteiger partial charge in [-0.15, -0.1) is 11.3 Å². The number of amides is 1. The first-order valence-corrected chi connectivity index (χ1v) is 13.7. The molecule has 1 unspecified atom stereocenters. The molecule has 39 heavy (non-hydrogen) atoms. The van der Waals surface area contributed by atoms with E-state index in [-0.39, 0.29) is 11.9 Å². The number of alkyl halides is 3. The second-order valence-electron chi connectivity index (χ2n) is 8.43. The predicted molar refractivity (Wildman–Crippen MR) is 143 cm³/mol. The molecule has 0 spiro atoms. The number of pyridine rings is 1. The number of hydrogen-bond donors (Lipinski definition) is 1. The van der Waals surface area contributed by atoms with Crippen LogP contribution in [0.2, 0.25) is 0 Å². The Morgan fingerprint density at radius 3 is 2.74 bits per heavy atom. The van der Waals surface area contributed by atoms with Crippen molar-refractivity contribution in [1.29, 1.82) is 0 Å². The Bertz CT molecular complexity index is 1620. The topological polar surface area (TPSA) is 106 Å². The second-order valence-corrected chi connectivity index (χ2v) is 11.0. The summed E-state index contributed by atoms with van der Waals surface area (Å²) in [6, 6.07) is 12.0. The molecule has 0 fully saturated rings. The summed E-state index contributed by atoms with van der Waals surface area (Å²) in [7, 11) is -0.986. The van der Waals surface area contributed by atoms with Crippen molar-refractivity contribution in [2.45, 2.75) is 19.1 Å². The fourth-order valence-electron chi connectivity index (χ4n) is 3.87. The summed E-state index contributed by atoms with van der Waals surface area (Å²) in [5.41, 5.74) is 2.36. The number of nitrogens with one attached hydrogen (secondary N) is 1. The molecule has 4 heterocycles. The van der Waals surface area contributed by atoms with Crippen molar-refractivity contribution >= 4 is 50.9 Å². The Kier molecular flexibility index (Phi) is 7.48. The molecule has 1 N–H and O–H groups in total. The van der Waals surface area contributed by atoms with Gasteiger partial charge in [0.15, 0.2) is 12.2 Å². The van der Waals surface area contributed by atoms with Crippen molar-refractivity contribution in [3.8, 4) is 10.6 Å². The first-order chi connectivity index (χ1) is 18.7. The Morgan fingerprint density at radius 1 is 1.18 bits per heavy atom. The number of aryl methyl sites for hydroxylation is 2. The van der Waals surface area contributed by atoms with E-state index in [2.05, 4.69) is 20.3 Å². The Hall–Kier alpha value is -4.04. The molecule has 0 saturated heterocycles. The van der Waals surface area contributed by atoms with Crippen molar-refractivity contribution in [1.82, 2.24) is 19.5 Å². The minimum absolute atomic E-state index is 0.268. The van der Waals surface area contributed by atoms with Crippen LogP contribution in [0.5, 0.6) is 0 Å². The van der Waals surface area contributed by atoms with Gasteiger partial charge in [-0.05, 0) is 48.4 Å². The minimum Gasteiger partial charge on any atom is -0.443 e. The first kappa shape index (κ1) is 26.6. The zero-order chi connectivity index (χ0) is 27.6. The van der Waals surface area contributed by atoms with Gasteiger partial charge in [0.25, 0.3) is 5.91 Å². The normalized spacial score (nSPS) is 12.5. The van der Waals surface area contributed by atoms with Crippen LogP contribution < -0.4 is 9.62 Å². The van der Waals surface area contributed by atoms with Gasteiger partial charge in [0.05, 0.1) is 32.7 Å². The molecule has 0 saturated carbocycles. The highest BCUT2D eigenvalue weighted by atomic mass is 32.2. The number of anilines is 2. The maximum atomic E-state index is 13.1. The monoisotopic (exact) mass is 574 g/mol. The summed E-state index contributed by atoms with van der Waals surface area (Å²) in [4.78, 5) is 26.9. The van der Waals surface area contributed by atoms with E-state index < -0.39 is 22.9 Å². The maximum Gasteiger partial charge on any atom is 0.402 e. The number of thiophene rings is 1. The molecule has 0 bridgehead atoms. The molecular formula is C25H21F3N6O3S2. The molecule has 5 aromatic rings. The van der Waals surface area contributed by atoms with E-state index >= 15 is 0 Å². The summed E-state index contributed by atoms with van der Waals surface area (Å²) < 4.78 is 58.7. The molecule has 1 aromatic carbocycles. The van der Waals surface area contributed by atoms with Crippen LogP contribution >= 0.6 is 11.3 Å². The summed E-state index contributed by atoms with van der Waals surface area (Å²) in [5.74, 6) is -1.03. The molecule has 9 nitrogen and oxygen atoms in total.